The van der Waals surface area contributed by atoms with Gasteiger partial charge in [0, 0.05) is 25.3 Å². The van der Waals surface area contributed by atoms with Crippen molar-refractivity contribution in [2.75, 3.05) is 26.4 Å². The molecule has 0 atom stereocenters. The molecule has 1 heterocycles. The van der Waals surface area contributed by atoms with E-state index in [2.05, 4.69) is 5.32 Å². The van der Waals surface area contributed by atoms with Gasteiger partial charge in [-0.25, -0.2) is 0 Å². The zero-order chi connectivity index (χ0) is 13.3. The van der Waals surface area contributed by atoms with Gasteiger partial charge in [0.15, 0.2) is 6.61 Å². The summed E-state index contributed by atoms with van der Waals surface area (Å²) in [5.41, 5.74) is 1.10. The summed E-state index contributed by atoms with van der Waals surface area (Å²) in [5, 5.41) is 12.0. The van der Waals surface area contributed by atoms with E-state index in [0.717, 1.165) is 50.5 Å². The van der Waals surface area contributed by atoms with Crippen LogP contribution in [0.15, 0.2) is 24.3 Å². The summed E-state index contributed by atoms with van der Waals surface area (Å²) < 4.78 is 10.8. The van der Waals surface area contributed by atoms with E-state index in [1.54, 1.807) is 0 Å². The van der Waals surface area contributed by atoms with Gasteiger partial charge in [-0.15, -0.1) is 0 Å². The Bertz CT molecular complexity index is 422. The maximum Gasteiger partial charge on any atom is 0.174 e. The Morgan fingerprint density at radius 3 is 2.89 bits per heavy atom. The lowest BCUT2D eigenvalue weighted by atomic mass is 10.0. The molecule has 0 aliphatic carbocycles. The average molecular weight is 260 g/mol. The molecular weight excluding hydrogens is 240 g/mol. The van der Waals surface area contributed by atoms with Gasteiger partial charge in [0.25, 0.3) is 0 Å². The molecule has 0 spiro atoms. The Hall–Kier alpha value is -1.57. The predicted octanol–water partition coefficient (Wildman–Crippen LogP) is 2.11. The molecule has 2 rings (SSSR count). The fraction of sp³-hybridized carbons (Fsp3) is 0.533. The molecule has 4 nitrogen and oxygen atoms in total. The summed E-state index contributed by atoms with van der Waals surface area (Å²) >= 11 is 0. The van der Waals surface area contributed by atoms with E-state index in [1.807, 2.05) is 30.3 Å². The minimum absolute atomic E-state index is 0.0942. The van der Waals surface area contributed by atoms with E-state index in [0.29, 0.717) is 5.92 Å². The van der Waals surface area contributed by atoms with Crippen LogP contribution in [0.25, 0.3) is 0 Å². The molecule has 1 aliphatic heterocycles. The second-order valence-electron chi connectivity index (χ2n) is 4.74. The Morgan fingerprint density at radius 2 is 2.11 bits per heavy atom. The smallest absolute Gasteiger partial charge is 0.174 e. The van der Waals surface area contributed by atoms with E-state index in [-0.39, 0.29) is 6.61 Å². The van der Waals surface area contributed by atoms with Gasteiger partial charge < -0.3 is 14.8 Å². The van der Waals surface area contributed by atoms with Crippen molar-refractivity contribution in [1.82, 2.24) is 5.32 Å². The number of benzene rings is 1. The first-order chi connectivity index (χ1) is 9.40. The number of hydrogen-bond acceptors (Lipinski definition) is 4. The first kappa shape index (κ1) is 13.9. The number of nitrogens with one attached hydrogen (secondary N) is 1. The summed E-state index contributed by atoms with van der Waals surface area (Å²) in [6.07, 6.45) is 2.28. The van der Waals surface area contributed by atoms with Crippen LogP contribution in [-0.2, 0) is 11.3 Å². The highest BCUT2D eigenvalue weighted by Gasteiger charge is 2.13. The third-order valence-corrected chi connectivity index (χ3v) is 3.35. The highest BCUT2D eigenvalue weighted by atomic mass is 16.5. The molecule has 0 unspecified atom stereocenters. The number of ether oxygens (including phenoxy) is 2. The molecule has 0 aromatic heterocycles. The lowest BCUT2D eigenvalue weighted by molar-refractivity contribution is 0.0662. The first-order valence-electron chi connectivity index (χ1n) is 6.76. The Kier molecular flexibility index (Phi) is 5.67. The summed E-state index contributed by atoms with van der Waals surface area (Å²) in [7, 11) is 0. The second-order valence-corrected chi connectivity index (χ2v) is 4.74. The zero-order valence-corrected chi connectivity index (χ0v) is 11.1. The quantitative estimate of drug-likeness (QED) is 0.851. The Balaban J connectivity index is 1.79. The summed E-state index contributed by atoms with van der Waals surface area (Å²) in [5.74, 6) is 1.50. The van der Waals surface area contributed by atoms with Gasteiger partial charge in [-0.05, 0) is 31.4 Å². The highest BCUT2D eigenvalue weighted by molar-refractivity contribution is 5.33. The predicted molar refractivity (Wildman–Crippen MR) is 72.8 cm³/mol. The van der Waals surface area contributed by atoms with Crippen LogP contribution >= 0.6 is 0 Å². The molecular formula is C15H20N2O2. The number of nitriles is 1. The maximum absolute atomic E-state index is 8.56. The van der Waals surface area contributed by atoms with Crippen molar-refractivity contribution in [3.8, 4) is 11.8 Å². The zero-order valence-electron chi connectivity index (χ0n) is 11.1. The lowest BCUT2D eigenvalue weighted by Gasteiger charge is -2.22. The summed E-state index contributed by atoms with van der Waals surface area (Å²) in [6, 6.07) is 9.85. The van der Waals surface area contributed by atoms with Crippen LogP contribution in [-0.4, -0.2) is 26.4 Å². The molecule has 1 fully saturated rings. The van der Waals surface area contributed by atoms with Crippen molar-refractivity contribution in [3.05, 3.63) is 29.8 Å². The van der Waals surface area contributed by atoms with E-state index >= 15 is 0 Å². The molecule has 4 heteroatoms. The van der Waals surface area contributed by atoms with Crippen molar-refractivity contribution in [2.45, 2.75) is 19.4 Å². The normalized spacial score (nSPS) is 15.9. The number of hydrogen-bond donors (Lipinski definition) is 1. The molecule has 0 radical (unpaired) electrons. The first-order valence-corrected chi connectivity index (χ1v) is 6.76. The summed E-state index contributed by atoms with van der Waals surface area (Å²) in [6.45, 7) is 3.65. The minimum Gasteiger partial charge on any atom is -0.478 e. The van der Waals surface area contributed by atoms with Gasteiger partial charge >= 0.3 is 0 Å². The Morgan fingerprint density at radius 1 is 1.32 bits per heavy atom. The molecule has 0 amide bonds. The monoisotopic (exact) mass is 260 g/mol. The van der Waals surface area contributed by atoms with Crippen molar-refractivity contribution in [3.63, 3.8) is 0 Å². The molecule has 1 aromatic carbocycles. The van der Waals surface area contributed by atoms with Gasteiger partial charge in [-0.3, -0.25) is 0 Å². The van der Waals surface area contributed by atoms with Crippen LogP contribution in [0.5, 0.6) is 5.75 Å². The minimum atomic E-state index is 0.0942. The van der Waals surface area contributed by atoms with Crippen molar-refractivity contribution >= 4 is 0 Å². The molecule has 102 valence electrons. The lowest BCUT2D eigenvalue weighted by Crippen LogP contribution is -2.27. The van der Waals surface area contributed by atoms with Crippen molar-refractivity contribution in [1.29, 1.82) is 5.26 Å². The SMILES string of the molecule is N#CCOc1ccccc1CNCC1CCOCC1. The van der Waals surface area contributed by atoms with Gasteiger partial charge in [-0.1, -0.05) is 18.2 Å². The van der Waals surface area contributed by atoms with Crippen LogP contribution in [0.3, 0.4) is 0 Å². The standard InChI is InChI=1S/C15H20N2O2/c16-7-10-19-15-4-2-1-3-14(15)12-17-11-13-5-8-18-9-6-13/h1-4,13,17H,5-6,8-12H2. The highest BCUT2D eigenvalue weighted by Crippen LogP contribution is 2.18. The average Bonchev–Trinajstić information content (AvgIpc) is 2.47. The van der Waals surface area contributed by atoms with Crippen LogP contribution in [0.4, 0.5) is 0 Å². The van der Waals surface area contributed by atoms with Gasteiger partial charge in [0.1, 0.15) is 11.8 Å². The van der Waals surface area contributed by atoms with Crippen molar-refractivity contribution in [2.24, 2.45) is 5.92 Å². The van der Waals surface area contributed by atoms with E-state index in [9.17, 15) is 0 Å². The molecule has 0 saturated carbocycles. The summed E-state index contributed by atoms with van der Waals surface area (Å²) in [4.78, 5) is 0. The van der Waals surface area contributed by atoms with Crippen LogP contribution < -0.4 is 10.1 Å². The van der Waals surface area contributed by atoms with E-state index < -0.39 is 0 Å². The maximum atomic E-state index is 8.56. The third kappa shape index (κ3) is 4.55. The molecule has 1 aliphatic rings. The number of nitrogens with zero attached hydrogens (tertiary/aromatic N) is 1. The van der Waals surface area contributed by atoms with Gasteiger partial charge in [0.2, 0.25) is 0 Å². The van der Waals surface area contributed by atoms with Crippen LogP contribution in [0.2, 0.25) is 0 Å². The van der Waals surface area contributed by atoms with E-state index in [1.165, 1.54) is 0 Å². The van der Waals surface area contributed by atoms with Gasteiger partial charge in [-0.2, -0.15) is 5.26 Å². The number of para-hydroxylation sites is 1. The van der Waals surface area contributed by atoms with E-state index in [4.69, 9.17) is 14.7 Å². The molecule has 1 saturated heterocycles. The van der Waals surface area contributed by atoms with Crippen LogP contribution in [0, 0.1) is 17.2 Å². The fourth-order valence-electron chi connectivity index (χ4n) is 2.26. The molecule has 1 aromatic rings. The third-order valence-electron chi connectivity index (χ3n) is 3.35. The number of rotatable bonds is 6. The topological polar surface area (TPSA) is 54.3 Å². The second kappa shape index (κ2) is 7.78. The Labute approximate surface area is 114 Å². The molecule has 19 heavy (non-hydrogen) atoms. The van der Waals surface area contributed by atoms with Crippen LogP contribution in [0.1, 0.15) is 18.4 Å². The molecule has 0 bridgehead atoms. The van der Waals surface area contributed by atoms with Crippen molar-refractivity contribution < 1.29 is 9.47 Å². The van der Waals surface area contributed by atoms with Gasteiger partial charge in [0.05, 0.1) is 0 Å². The largest absolute Gasteiger partial charge is 0.478 e. The fourth-order valence-corrected chi connectivity index (χ4v) is 2.26. The molecule has 1 N–H and O–H groups in total.